The third-order valence-electron chi connectivity index (χ3n) is 5.23. The molecule has 8 heteroatoms. The van der Waals surface area contributed by atoms with Crippen molar-refractivity contribution in [2.75, 3.05) is 32.1 Å². The van der Waals surface area contributed by atoms with Crippen molar-refractivity contribution in [3.05, 3.63) is 59.7 Å². The summed E-state index contributed by atoms with van der Waals surface area (Å²) in [5.74, 6) is -1.47. The molecule has 1 fully saturated rings. The third kappa shape index (κ3) is 6.00. The molecule has 3 amide bonds. The smallest absolute Gasteiger partial charge is 0.325 e. The van der Waals surface area contributed by atoms with Crippen LogP contribution in [0.5, 0.6) is 5.75 Å². The minimum Gasteiger partial charge on any atom is -0.497 e. The number of hydrogen-bond donors (Lipinski definition) is 2. The standard InChI is InChI=1S/C22H25F2N3O3/c1-30-18-4-2-3-15(13-18)7-10-27-11-8-16(9-12-27)21(28)26-22(29)25-20-6-5-17(23)14-19(20)24/h2-6,13-14,16H,7-12H2,1H3,(H2,25,26,28,29). The topological polar surface area (TPSA) is 70.7 Å². The van der Waals surface area contributed by atoms with Gasteiger partial charge in [0.25, 0.3) is 0 Å². The van der Waals surface area contributed by atoms with Gasteiger partial charge in [-0.1, -0.05) is 12.1 Å². The quantitative estimate of drug-likeness (QED) is 0.754. The third-order valence-corrected chi connectivity index (χ3v) is 5.23. The van der Waals surface area contributed by atoms with Crippen molar-refractivity contribution in [2.45, 2.75) is 19.3 Å². The number of nitrogens with zero attached hydrogens (tertiary/aromatic N) is 1. The second kappa shape index (κ2) is 10.2. The zero-order valence-electron chi connectivity index (χ0n) is 16.8. The van der Waals surface area contributed by atoms with Crippen molar-refractivity contribution < 1.29 is 23.1 Å². The van der Waals surface area contributed by atoms with Gasteiger partial charge >= 0.3 is 6.03 Å². The second-order valence-corrected chi connectivity index (χ2v) is 7.28. The molecule has 160 valence electrons. The maximum atomic E-state index is 13.6. The summed E-state index contributed by atoms with van der Waals surface area (Å²) in [6.07, 6.45) is 2.17. The van der Waals surface area contributed by atoms with Crippen LogP contribution in [0.25, 0.3) is 0 Å². The average molecular weight is 417 g/mol. The molecule has 0 aromatic heterocycles. The number of urea groups is 1. The van der Waals surface area contributed by atoms with Gasteiger partial charge in [-0.05, 0) is 62.2 Å². The van der Waals surface area contributed by atoms with Crippen LogP contribution >= 0.6 is 0 Å². The Balaban J connectivity index is 1.41. The summed E-state index contributed by atoms with van der Waals surface area (Å²) in [6, 6.07) is 9.93. The van der Waals surface area contributed by atoms with Crippen molar-refractivity contribution >= 4 is 17.6 Å². The van der Waals surface area contributed by atoms with E-state index in [2.05, 4.69) is 21.6 Å². The summed E-state index contributed by atoms with van der Waals surface area (Å²) in [6.45, 7) is 2.40. The number of nitrogens with one attached hydrogen (secondary N) is 2. The summed E-state index contributed by atoms with van der Waals surface area (Å²) in [5, 5.41) is 4.47. The van der Waals surface area contributed by atoms with Crippen molar-refractivity contribution in [2.24, 2.45) is 5.92 Å². The Morgan fingerprint density at radius 2 is 1.90 bits per heavy atom. The predicted octanol–water partition coefficient (Wildman–Crippen LogP) is 3.58. The van der Waals surface area contributed by atoms with E-state index in [0.717, 1.165) is 43.9 Å². The van der Waals surface area contributed by atoms with Crippen molar-refractivity contribution in [3.8, 4) is 5.75 Å². The first-order valence-electron chi connectivity index (χ1n) is 9.87. The van der Waals surface area contributed by atoms with E-state index < -0.39 is 17.7 Å². The number of anilines is 1. The number of likely N-dealkylation sites (tertiary alicyclic amines) is 1. The maximum Gasteiger partial charge on any atom is 0.325 e. The Morgan fingerprint density at radius 3 is 2.60 bits per heavy atom. The fraction of sp³-hybridized carbons (Fsp3) is 0.364. The van der Waals surface area contributed by atoms with E-state index in [1.54, 1.807) is 7.11 Å². The first kappa shape index (κ1) is 21.7. The molecule has 1 aliphatic heterocycles. The van der Waals surface area contributed by atoms with Gasteiger partial charge in [0.1, 0.15) is 17.4 Å². The van der Waals surface area contributed by atoms with Gasteiger partial charge in [-0.15, -0.1) is 0 Å². The Kier molecular flexibility index (Phi) is 7.35. The molecule has 2 N–H and O–H groups in total. The van der Waals surface area contributed by atoms with Crippen LogP contribution in [-0.4, -0.2) is 43.6 Å². The lowest BCUT2D eigenvalue weighted by Crippen LogP contribution is -2.44. The average Bonchev–Trinajstić information content (AvgIpc) is 2.74. The largest absolute Gasteiger partial charge is 0.497 e. The number of carbonyl (C=O) groups excluding carboxylic acids is 2. The Hall–Kier alpha value is -3.00. The molecule has 1 aliphatic rings. The molecule has 3 rings (SSSR count). The minimum absolute atomic E-state index is 0.186. The van der Waals surface area contributed by atoms with E-state index in [-0.39, 0.29) is 17.5 Å². The van der Waals surface area contributed by atoms with E-state index in [9.17, 15) is 18.4 Å². The number of rotatable bonds is 6. The maximum absolute atomic E-state index is 13.6. The van der Waals surface area contributed by atoms with Crippen LogP contribution in [0.1, 0.15) is 18.4 Å². The van der Waals surface area contributed by atoms with E-state index in [0.29, 0.717) is 18.9 Å². The highest BCUT2D eigenvalue weighted by Crippen LogP contribution is 2.19. The van der Waals surface area contributed by atoms with Gasteiger partial charge in [-0.25, -0.2) is 13.6 Å². The summed E-state index contributed by atoms with van der Waals surface area (Å²) in [5.41, 5.74) is 1.01. The number of imide groups is 1. The van der Waals surface area contributed by atoms with Gasteiger partial charge in [0.2, 0.25) is 5.91 Å². The number of piperidine rings is 1. The minimum atomic E-state index is -0.901. The van der Waals surface area contributed by atoms with E-state index >= 15 is 0 Å². The molecular weight excluding hydrogens is 392 g/mol. The summed E-state index contributed by atoms with van der Waals surface area (Å²) < 4.78 is 31.8. The SMILES string of the molecule is COc1cccc(CCN2CCC(C(=O)NC(=O)Nc3ccc(F)cc3F)CC2)c1. The number of carbonyl (C=O) groups is 2. The lowest BCUT2D eigenvalue weighted by molar-refractivity contribution is -0.125. The molecule has 0 saturated carbocycles. The molecule has 0 spiro atoms. The van der Waals surface area contributed by atoms with Crippen molar-refractivity contribution in [1.82, 2.24) is 10.2 Å². The van der Waals surface area contributed by atoms with Crippen LogP contribution in [0, 0.1) is 17.6 Å². The molecule has 1 heterocycles. The van der Waals surface area contributed by atoms with Gasteiger partial charge < -0.3 is 15.0 Å². The zero-order chi connectivity index (χ0) is 21.5. The highest BCUT2D eigenvalue weighted by Gasteiger charge is 2.26. The summed E-state index contributed by atoms with van der Waals surface area (Å²) in [7, 11) is 1.64. The Labute approximate surface area is 174 Å². The summed E-state index contributed by atoms with van der Waals surface area (Å²) in [4.78, 5) is 26.6. The molecule has 0 unspecified atom stereocenters. The van der Waals surface area contributed by atoms with Crippen molar-refractivity contribution in [1.29, 1.82) is 0 Å². The molecule has 0 atom stereocenters. The molecule has 2 aromatic rings. The van der Waals surface area contributed by atoms with Gasteiger partial charge in [-0.2, -0.15) is 0 Å². The predicted molar refractivity (Wildman–Crippen MR) is 109 cm³/mol. The Bertz CT molecular complexity index is 899. The fourth-order valence-electron chi connectivity index (χ4n) is 3.49. The fourth-order valence-corrected chi connectivity index (χ4v) is 3.49. The molecule has 30 heavy (non-hydrogen) atoms. The molecule has 6 nitrogen and oxygen atoms in total. The number of amides is 3. The highest BCUT2D eigenvalue weighted by atomic mass is 19.1. The first-order chi connectivity index (χ1) is 14.4. The molecular formula is C22H25F2N3O3. The van der Waals surface area contributed by atoms with Gasteiger partial charge in [-0.3, -0.25) is 10.1 Å². The van der Waals surface area contributed by atoms with E-state index in [1.807, 2.05) is 18.2 Å². The number of halogens is 2. The second-order valence-electron chi connectivity index (χ2n) is 7.28. The lowest BCUT2D eigenvalue weighted by Gasteiger charge is -2.31. The molecule has 0 aliphatic carbocycles. The molecule has 2 aromatic carbocycles. The van der Waals surface area contributed by atoms with E-state index in [4.69, 9.17) is 4.74 Å². The number of methoxy groups -OCH3 is 1. The monoisotopic (exact) mass is 417 g/mol. The number of benzene rings is 2. The highest BCUT2D eigenvalue weighted by molar-refractivity contribution is 6.01. The van der Waals surface area contributed by atoms with Crippen molar-refractivity contribution in [3.63, 3.8) is 0 Å². The lowest BCUT2D eigenvalue weighted by atomic mass is 9.95. The Morgan fingerprint density at radius 1 is 1.13 bits per heavy atom. The first-order valence-corrected chi connectivity index (χ1v) is 9.87. The number of ether oxygens (including phenoxy) is 1. The molecule has 1 saturated heterocycles. The van der Waals surface area contributed by atoms with Crippen LogP contribution in [0.2, 0.25) is 0 Å². The van der Waals surface area contributed by atoms with E-state index in [1.165, 1.54) is 5.56 Å². The van der Waals surface area contributed by atoms with Gasteiger partial charge in [0.05, 0.1) is 12.8 Å². The van der Waals surface area contributed by atoms with Crippen LogP contribution < -0.4 is 15.4 Å². The molecule has 0 radical (unpaired) electrons. The summed E-state index contributed by atoms with van der Waals surface area (Å²) >= 11 is 0. The van der Waals surface area contributed by atoms with Gasteiger partial charge in [0, 0.05) is 18.5 Å². The zero-order valence-corrected chi connectivity index (χ0v) is 16.8. The van der Waals surface area contributed by atoms with Gasteiger partial charge in [0.15, 0.2) is 0 Å². The van der Waals surface area contributed by atoms with Crippen LogP contribution in [0.3, 0.4) is 0 Å². The van der Waals surface area contributed by atoms with Crippen LogP contribution in [0.15, 0.2) is 42.5 Å². The van der Waals surface area contributed by atoms with Crippen LogP contribution in [0.4, 0.5) is 19.3 Å². The normalized spacial score (nSPS) is 14.9. The molecule has 0 bridgehead atoms. The van der Waals surface area contributed by atoms with Crippen LogP contribution in [-0.2, 0) is 11.2 Å². The number of hydrogen-bond acceptors (Lipinski definition) is 4.